The Hall–Kier alpha value is -2.04. The molecular weight excluding hydrogens is 428 g/mol. The molecule has 2 saturated heterocycles. The van der Waals surface area contributed by atoms with Crippen molar-refractivity contribution in [3.8, 4) is 5.75 Å². The average Bonchev–Trinajstić information content (AvgIpc) is 3.35. The molecule has 33 heavy (non-hydrogen) atoms. The molecule has 0 saturated carbocycles. The third kappa shape index (κ3) is 6.10. The fourth-order valence-corrected chi connectivity index (χ4v) is 4.14. The minimum atomic E-state index is -1.39. The smallest absolute Gasteiger partial charge is 0.124 e. The fraction of sp³-hybridized carbons (Fsp3) is 0.520. The maximum absolute atomic E-state index is 10.4. The Labute approximate surface area is 194 Å². The van der Waals surface area contributed by atoms with E-state index in [0.29, 0.717) is 18.6 Å². The normalized spacial score (nSPS) is 29.3. The highest BCUT2D eigenvalue weighted by molar-refractivity contribution is 5.38. The van der Waals surface area contributed by atoms with Gasteiger partial charge < -0.3 is 39.7 Å². The lowest BCUT2D eigenvalue weighted by Crippen LogP contribution is -2.55. The molecule has 0 spiro atoms. The van der Waals surface area contributed by atoms with Gasteiger partial charge in [0.1, 0.15) is 42.4 Å². The second-order valence-electron chi connectivity index (χ2n) is 8.36. The highest BCUT2D eigenvalue weighted by Crippen LogP contribution is 2.33. The fourth-order valence-electron chi connectivity index (χ4n) is 4.14. The first-order valence-corrected chi connectivity index (χ1v) is 11.1. The van der Waals surface area contributed by atoms with E-state index in [4.69, 9.17) is 19.3 Å². The Morgan fingerprint density at radius 3 is 2.33 bits per heavy atom. The van der Waals surface area contributed by atoms with Crippen molar-refractivity contribution in [3.05, 3.63) is 64.7 Å². The zero-order valence-corrected chi connectivity index (χ0v) is 19.0. The van der Waals surface area contributed by atoms with Crippen LogP contribution >= 0.6 is 0 Å². The van der Waals surface area contributed by atoms with Gasteiger partial charge in [0.2, 0.25) is 0 Å². The number of rotatable bonds is 6. The number of aliphatic hydroxyl groups excluding tert-OH is 5. The van der Waals surface area contributed by atoms with Crippen LogP contribution in [0.15, 0.2) is 42.5 Å². The van der Waals surface area contributed by atoms with E-state index in [-0.39, 0.29) is 6.10 Å². The van der Waals surface area contributed by atoms with Crippen LogP contribution in [0.25, 0.3) is 0 Å². The van der Waals surface area contributed by atoms with Crippen LogP contribution < -0.4 is 4.74 Å². The molecule has 0 aliphatic carbocycles. The van der Waals surface area contributed by atoms with Gasteiger partial charge in [0.25, 0.3) is 0 Å². The monoisotopic (exact) mass is 462 g/mol. The summed E-state index contributed by atoms with van der Waals surface area (Å²) in [5, 5.41) is 47.0. The van der Waals surface area contributed by atoms with Crippen LogP contribution in [-0.4, -0.2) is 83.0 Å². The predicted octanol–water partition coefficient (Wildman–Crippen LogP) is 0.877. The summed E-state index contributed by atoms with van der Waals surface area (Å²) >= 11 is 0. The van der Waals surface area contributed by atoms with Gasteiger partial charge in [0.05, 0.1) is 19.8 Å². The summed E-state index contributed by atoms with van der Waals surface area (Å²) in [5.74, 6) is 0.825. The van der Waals surface area contributed by atoms with Crippen molar-refractivity contribution in [1.29, 1.82) is 0 Å². The van der Waals surface area contributed by atoms with Crippen molar-refractivity contribution in [3.63, 3.8) is 0 Å². The molecule has 2 heterocycles. The van der Waals surface area contributed by atoms with Gasteiger partial charge in [0.15, 0.2) is 0 Å². The third-order valence-electron chi connectivity index (χ3n) is 6.10. The summed E-state index contributed by atoms with van der Waals surface area (Å²) in [6.45, 7) is 2.95. The number of benzene rings is 2. The predicted molar refractivity (Wildman–Crippen MR) is 121 cm³/mol. The lowest BCUT2D eigenvalue weighted by atomic mass is 9.89. The van der Waals surface area contributed by atoms with Crippen LogP contribution in [0.5, 0.6) is 5.75 Å². The zero-order chi connectivity index (χ0) is 24.0. The van der Waals surface area contributed by atoms with Crippen molar-refractivity contribution in [1.82, 2.24) is 0 Å². The lowest BCUT2D eigenvalue weighted by molar-refractivity contribution is -0.231. The molecule has 0 radical (unpaired) electrons. The Balaban J connectivity index is 0.00000149. The quantitative estimate of drug-likeness (QED) is 0.428. The molecule has 8 heteroatoms. The second-order valence-corrected chi connectivity index (χ2v) is 8.36. The zero-order valence-electron chi connectivity index (χ0n) is 19.0. The van der Waals surface area contributed by atoms with Gasteiger partial charge in [-0.25, -0.2) is 0 Å². The average molecular weight is 463 g/mol. The molecule has 4 rings (SSSR count). The summed E-state index contributed by atoms with van der Waals surface area (Å²) in [7, 11) is 1.00. The Kier molecular flexibility index (Phi) is 9.22. The molecule has 182 valence electrons. The van der Waals surface area contributed by atoms with Crippen molar-refractivity contribution < 1.29 is 39.7 Å². The van der Waals surface area contributed by atoms with Crippen LogP contribution in [0.4, 0.5) is 0 Å². The number of ether oxygens (including phenoxy) is 3. The summed E-state index contributed by atoms with van der Waals surface area (Å²) in [6.07, 6.45) is -4.09. The van der Waals surface area contributed by atoms with E-state index in [1.165, 1.54) is 0 Å². The summed E-state index contributed by atoms with van der Waals surface area (Å²) in [5.41, 5.74) is 3.96. The highest BCUT2D eigenvalue weighted by Gasteiger charge is 2.43. The summed E-state index contributed by atoms with van der Waals surface area (Å²) in [4.78, 5) is 0. The van der Waals surface area contributed by atoms with E-state index in [1.54, 1.807) is 0 Å². The molecular formula is C25H34O8. The number of hydrogen-bond acceptors (Lipinski definition) is 8. The minimum Gasteiger partial charge on any atom is -0.488 e. The largest absolute Gasteiger partial charge is 0.488 e. The standard InChI is InChI=1S/C24H30O7.CH4O/c1-14-2-5-16(24-23(28)22(27)21(26)20(12-25)31-24)11-17(14)10-15-3-6-18(7-4-15)30-19-8-9-29-13-19;1-2/h2-7,11,19-28H,8-10,12-13H2,1H3;2H,1H3/t19?,20-,21-,22+,23-,24+;/m1./s1. The van der Waals surface area contributed by atoms with Crippen LogP contribution in [-0.2, 0) is 15.9 Å². The Bertz CT molecular complexity index is 863. The Morgan fingerprint density at radius 2 is 1.70 bits per heavy atom. The molecule has 8 nitrogen and oxygen atoms in total. The number of hydrogen-bond donors (Lipinski definition) is 5. The van der Waals surface area contributed by atoms with Gasteiger partial charge in [-0.15, -0.1) is 0 Å². The van der Waals surface area contributed by atoms with Gasteiger partial charge in [-0.1, -0.05) is 30.3 Å². The first kappa shape index (κ1) is 25.6. The molecule has 0 amide bonds. The number of aliphatic hydroxyl groups is 5. The second kappa shape index (κ2) is 11.9. The van der Waals surface area contributed by atoms with Crippen LogP contribution in [0.3, 0.4) is 0 Å². The molecule has 5 N–H and O–H groups in total. The molecule has 0 bridgehead atoms. The topological polar surface area (TPSA) is 129 Å². The molecule has 1 unspecified atom stereocenters. The molecule has 2 aromatic rings. The van der Waals surface area contributed by atoms with Crippen molar-refractivity contribution in [2.45, 2.75) is 56.4 Å². The van der Waals surface area contributed by atoms with E-state index < -0.39 is 37.1 Å². The minimum absolute atomic E-state index is 0.114. The Morgan fingerprint density at radius 1 is 0.970 bits per heavy atom. The first-order chi connectivity index (χ1) is 16.0. The van der Waals surface area contributed by atoms with Crippen molar-refractivity contribution in [2.75, 3.05) is 26.9 Å². The molecule has 2 fully saturated rings. The number of aryl methyl sites for hydroxylation is 1. The highest BCUT2D eigenvalue weighted by atomic mass is 16.5. The van der Waals surface area contributed by atoms with Gasteiger partial charge in [-0.3, -0.25) is 0 Å². The van der Waals surface area contributed by atoms with Crippen molar-refractivity contribution in [2.24, 2.45) is 0 Å². The van der Waals surface area contributed by atoms with E-state index in [1.807, 2.05) is 49.4 Å². The van der Waals surface area contributed by atoms with Crippen LogP contribution in [0.2, 0.25) is 0 Å². The van der Waals surface area contributed by atoms with Crippen LogP contribution in [0.1, 0.15) is 34.8 Å². The summed E-state index contributed by atoms with van der Waals surface area (Å²) in [6, 6.07) is 13.7. The maximum Gasteiger partial charge on any atom is 0.124 e. The van der Waals surface area contributed by atoms with E-state index in [9.17, 15) is 20.4 Å². The van der Waals surface area contributed by atoms with Gasteiger partial charge in [0, 0.05) is 13.5 Å². The lowest BCUT2D eigenvalue weighted by Gasteiger charge is -2.40. The molecule has 6 atom stereocenters. The van der Waals surface area contributed by atoms with E-state index in [2.05, 4.69) is 0 Å². The van der Waals surface area contributed by atoms with E-state index >= 15 is 0 Å². The molecule has 0 aromatic heterocycles. The molecule has 2 aliphatic heterocycles. The SMILES string of the molecule is CO.Cc1ccc([C@@H]2O[C@H](CO)[C@@H](O)[C@H](O)[C@H]2O)cc1Cc1ccc(OC2CCOC2)cc1. The first-order valence-electron chi connectivity index (χ1n) is 11.1. The molecule has 2 aromatic carbocycles. The maximum atomic E-state index is 10.4. The molecule has 2 aliphatic rings. The van der Waals surface area contributed by atoms with Gasteiger partial charge in [-0.05, 0) is 47.7 Å². The van der Waals surface area contributed by atoms with Crippen molar-refractivity contribution >= 4 is 0 Å². The van der Waals surface area contributed by atoms with Crippen LogP contribution in [0, 0.1) is 6.92 Å². The van der Waals surface area contributed by atoms with Gasteiger partial charge in [-0.2, -0.15) is 0 Å². The summed E-state index contributed by atoms with van der Waals surface area (Å²) < 4.78 is 17.0. The van der Waals surface area contributed by atoms with Gasteiger partial charge >= 0.3 is 0 Å². The third-order valence-corrected chi connectivity index (χ3v) is 6.10. The van der Waals surface area contributed by atoms with E-state index in [0.717, 1.165) is 42.6 Å².